The lowest BCUT2D eigenvalue weighted by Gasteiger charge is -2.16. The van der Waals surface area contributed by atoms with Gasteiger partial charge in [0, 0.05) is 55.5 Å². The van der Waals surface area contributed by atoms with Crippen LogP contribution in [0.3, 0.4) is 0 Å². The molecule has 1 amide bonds. The number of carbonyl (C=O) groups is 2. The van der Waals surface area contributed by atoms with Gasteiger partial charge in [0.2, 0.25) is 0 Å². The van der Waals surface area contributed by atoms with Crippen molar-refractivity contribution in [3.8, 4) is 11.1 Å². The van der Waals surface area contributed by atoms with Crippen LogP contribution in [-0.4, -0.2) is 45.6 Å². The number of hydrogen-bond acceptors (Lipinski definition) is 5. The molecule has 3 heterocycles. The average Bonchev–Trinajstić information content (AvgIpc) is 2.65. The molecule has 0 bridgehead atoms. The predicted octanol–water partition coefficient (Wildman–Crippen LogP) is 3.95. The summed E-state index contributed by atoms with van der Waals surface area (Å²) in [7, 11) is 3.34. The molecule has 0 aliphatic carbocycles. The van der Waals surface area contributed by atoms with Crippen molar-refractivity contribution in [3.05, 3.63) is 52.7 Å². The maximum atomic E-state index is 12.7. The molecule has 0 fully saturated rings. The summed E-state index contributed by atoms with van der Waals surface area (Å²) in [6.45, 7) is 3.68. The van der Waals surface area contributed by atoms with Crippen LogP contribution in [0.15, 0.2) is 30.6 Å². The van der Waals surface area contributed by atoms with Crippen LogP contribution in [0, 0.1) is 6.92 Å². The van der Waals surface area contributed by atoms with Gasteiger partial charge in [-0.1, -0.05) is 18.5 Å². The molecular weight excluding hydrogens is 364 g/mol. The number of Topliss-reactive ketones (excluding diaryl/α,β-unsaturated/α-hetero) is 1. The highest BCUT2D eigenvalue weighted by Crippen LogP contribution is 2.30. The topological polar surface area (TPSA) is 76.1 Å². The molecule has 3 aromatic rings. The molecule has 7 heteroatoms. The first-order valence-corrected chi connectivity index (χ1v) is 8.87. The van der Waals surface area contributed by atoms with Gasteiger partial charge in [0.1, 0.15) is 16.5 Å². The fraction of sp³-hybridized carbons (Fsp3) is 0.250. The lowest BCUT2D eigenvalue weighted by atomic mass is 9.98. The van der Waals surface area contributed by atoms with Crippen molar-refractivity contribution in [2.24, 2.45) is 0 Å². The van der Waals surface area contributed by atoms with E-state index in [1.54, 1.807) is 45.5 Å². The Morgan fingerprint density at radius 3 is 2.44 bits per heavy atom. The second-order valence-electron chi connectivity index (χ2n) is 6.45. The SMILES string of the molecule is CCC(=O)c1cc(C)c(-c2cc3cnc(Cl)cc3nc2C(=O)N(C)C)cn1. The van der Waals surface area contributed by atoms with Crippen LogP contribution in [-0.2, 0) is 0 Å². The third-order valence-corrected chi connectivity index (χ3v) is 4.49. The minimum absolute atomic E-state index is 0.0234. The molecule has 3 rings (SSSR count). The van der Waals surface area contributed by atoms with E-state index in [1.807, 2.05) is 13.0 Å². The zero-order valence-corrected chi connectivity index (χ0v) is 16.3. The third kappa shape index (κ3) is 3.66. The van der Waals surface area contributed by atoms with Gasteiger partial charge in [-0.3, -0.25) is 14.6 Å². The molecule has 0 atom stereocenters. The van der Waals surface area contributed by atoms with E-state index in [2.05, 4.69) is 15.0 Å². The van der Waals surface area contributed by atoms with Crippen LogP contribution >= 0.6 is 11.6 Å². The van der Waals surface area contributed by atoms with E-state index in [0.717, 1.165) is 16.5 Å². The number of nitrogens with zero attached hydrogens (tertiary/aromatic N) is 4. The number of halogens is 1. The fourth-order valence-corrected chi connectivity index (χ4v) is 2.95. The maximum absolute atomic E-state index is 12.7. The van der Waals surface area contributed by atoms with Gasteiger partial charge < -0.3 is 4.90 Å². The summed E-state index contributed by atoms with van der Waals surface area (Å²) in [6.07, 6.45) is 3.63. The Bertz CT molecular complexity index is 1060. The van der Waals surface area contributed by atoms with E-state index < -0.39 is 0 Å². The number of aromatic nitrogens is 3. The van der Waals surface area contributed by atoms with Gasteiger partial charge in [-0.05, 0) is 24.6 Å². The van der Waals surface area contributed by atoms with Crippen LogP contribution < -0.4 is 0 Å². The summed E-state index contributed by atoms with van der Waals surface area (Å²) in [5.41, 5.74) is 3.55. The number of aryl methyl sites for hydroxylation is 1. The lowest BCUT2D eigenvalue weighted by Crippen LogP contribution is -2.23. The molecule has 0 unspecified atom stereocenters. The Balaban J connectivity index is 2.26. The first-order valence-electron chi connectivity index (χ1n) is 8.50. The molecule has 0 aliphatic heterocycles. The summed E-state index contributed by atoms with van der Waals surface area (Å²) in [4.78, 5) is 39.1. The predicted molar refractivity (Wildman–Crippen MR) is 105 cm³/mol. The van der Waals surface area contributed by atoms with E-state index >= 15 is 0 Å². The van der Waals surface area contributed by atoms with Crippen molar-refractivity contribution in [1.29, 1.82) is 0 Å². The van der Waals surface area contributed by atoms with Crippen molar-refractivity contribution >= 4 is 34.2 Å². The van der Waals surface area contributed by atoms with E-state index in [1.165, 1.54) is 4.90 Å². The summed E-state index contributed by atoms with van der Waals surface area (Å²) in [5, 5.41) is 1.07. The Kier molecular flexibility index (Phi) is 5.19. The van der Waals surface area contributed by atoms with Crippen LogP contribution in [0.1, 0.15) is 39.9 Å². The normalized spacial score (nSPS) is 10.9. The van der Waals surface area contributed by atoms with E-state index in [9.17, 15) is 9.59 Å². The van der Waals surface area contributed by atoms with Gasteiger partial charge in [0.25, 0.3) is 5.91 Å². The summed E-state index contributed by atoms with van der Waals surface area (Å²) >= 11 is 5.97. The van der Waals surface area contributed by atoms with Crippen LogP contribution in [0.25, 0.3) is 22.0 Å². The minimum Gasteiger partial charge on any atom is -0.343 e. The minimum atomic E-state index is -0.229. The second-order valence-corrected chi connectivity index (χ2v) is 6.83. The highest BCUT2D eigenvalue weighted by molar-refractivity contribution is 6.30. The number of amides is 1. The largest absolute Gasteiger partial charge is 0.343 e. The smallest absolute Gasteiger partial charge is 0.272 e. The fourth-order valence-electron chi connectivity index (χ4n) is 2.80. The molecule has 0 N–H and O–H groups in total. The summed E-state index contributed by atoms with van der Waals surface area (Å²) in [6, 6.07) is 5.23. The molecule has 0 saturated carbocycles. The van der Waals surface area contributed by atoms with Crippen molar-refractivity contribution in [3.63, 3.8) is 0 Å². The van der Waals surface area contributed by atoms with Gasteiger partial charge in [0.05, 0.1) is 5.52 Å². The van der Waals surface area contributed by atoms with E-state index in [-0.39, 0.29) is 11.7 Å². The van der Waals surface area contributed by atoms with Crippen molar-refractivity contribution in [1.82, 2.24) is 19.9 Å². The molecule has 0 aromatic carbocycles. The molecule has 6 nitrogen and oxygen atoms in total. The van der Waals surface area contributed by atoms with Crippen LogP contribution in [0.2, 0.25) is 5.15 Å². The van der Waals surface area contributed by atoms with Gasteiger partial charge in [-0.2, -0.15) is 0 Å². The molecule has 138 valence electrons. The average molecular weight is 383 g/mol. The molecule has 27 heavy (non-hydrogen) atoms. The lowest BCUT2D eigenvalue weighted by molar-refractivity contribution is 0.0823. The molecule has 0 aliphatic rings. The first kappa shape index (κ1) is 18.9. The maximum Gasteiger partial charge on any atom is 0.272 e. The second kappa shape index (κ2) is 7.40. The Morgan fingerprint density at radius 2 is 1.81 bits per heavy atom. The number of pyridine rings is 3. The van der Waals surface area contributed by atoms with Gasteiger partial charge >= 0.3 is 0 Å². The van der Waals surface area contributed by atoms with Crippen LogP contribution in [0.4, 0.5) is 0 Å². The zero-order chi connectivity index (χ0) is 19.7. The molecule has 3 aromatic heterocycles. The monoisotopic (exact) mass is 382 g/mol. The number of ketones is 1. The van der Waals surface area contributed by atoms with Gasteiger partial charge in [0.15, 0.2) is 5.78 Å². The molecule has 0 saturated heterocycles. The number of hydrogen-bond donors (Lipinski definition) is 0. The van der Waals surface area contributed by atoms with Gasteiger partial charge in [-0.25, -0.2) is 9.97 Å². The van der Waals surface area contributed by atoms with Crippen molar-refractivity contribution in [2.75, 3.05) is 14.1 Å². The highest BCUT2D eigenvalue weighted by atomic mass is 35.5. The number of rotatable bonds is 4. The highest BCUT2D eigenvalue weighted by Gasteiger charge is 2.20. The molecule has 0 radical (unpaired) electrons. The van der Waals surface area contributed by atoms with Crippen LogP contribution in [0.5, 0.6) is 0 Å². The quantitative estimate of drug-likeness (QED) is 0.504. The van der Waals surface area contributed by atoms with E-state index in [0.29, 0.717) is 34.0 Å². The first-order chi connectivity index (χ1) is 12.8. The summed E-state index contributed by atoms with van der Waals surface area (Å²) in [5.74, 6) is -0.252. The van der Waals surface area contributed by atoms with E-state index in [4.69, 9.17) is 11.6 Å². The van der Waals surface area contributed by atoms with Crippen molar-refractivity contribution in [2.45, 2.75) is 20.3 Å². The van der Waals surface area contributed by atoms with Gasteiger partial charge in [-0.15, -0.1) is 0 Å². The van der Waals surface area contributed by atoms with Crippen molar-refractivity contribution < 1.29 is 9.59 Å². The molecule has 0 spiro atoms. The Labute approximate surface area is 162 Å². The molecular formula is C20H19ClN4O2. The number of carbonyl (C=O) groups excluding carboxylic acids is 2. The Hall–Kier alpha value is -2.86. The standard InChI is InChI=1S/C20H19ClN4O2/c1-5-17(26)16-6-11(2)14(10-22-16)13-7-12-9-23-18(21)8-15(12)24-19(13)20(27)25(3)4/h6-10H,5H2,1-4H3. The Morgan fingerprint density at radius 1 is 1.07 bits per heavy atom. The third-order valence-electron chi connectivity index (χ3n) is 4.28. The number of fused-ring (bicyclic) bond motifs is 1. The zero-order valence-electron chi connectivity index (χ0n) is 15.6. The summed E-state index contributed by atoms with van der Waals surface area (Å²) < 4.78 is 0.